The monoisotopic (exact) mass is 285 g/mol. The summed E-state index contributed by atoms with van der Waals surface area (Å²) in [6.07, 6.45) is 1.69. The number of hydrogen-bond donors (Lipinski definition) is 1. The van der Waals surface area contributed by atoms with Crippen LogP contribution in [0, 0.1) is 5.82 Å². The molecule has 1 unspecified atom stereocenters. The van der Waals surface area contributed by atoms with Crippen LogP contribution in [0.1, 0.15) is 31.4 Å². The Balaban J connectivity index is 2.95. The minimum Gasteiger partial charge on any atom is -0.313 e. The van der Waals surface area contributed by atoms with Crippen LogP contribution in [0.5, 0.6) is 0 Å². The normalized spacial score (nSPS) is 12.5. The summed E-state index contributed by atoms with van der Waals surface area (Å²) in [7, 11) is 1.84. The van der Waals surface area contributed by atoms with E-state index >= 15 is 0 Å². The lowest BCUT2D eigenvalue weighted by Crippen LogP contribution is -2.18. The van der Waals surface area contributed by atoms with E-state index in [2.05, 4.69) is 34.7 Å². The molecule has 1 N–H and O–H groups in total. The SMILES string of the molecule is C=C(CC)CC(NC)c1cccc(Br)c1F. The Kier molecular flexibility index (Phi) is 5.16. The van der Waals surface area contributed by atoms with Gasteiger partial charge in [0.05, 0.1) is 4.47 Å². The van der Waals surface area contributed by atoms with Crippen LogP contribution in [-0.2, 0) is 0 Å². The van der Waals surface area contributed by atoms with E-state index in [9.17, 15) is 4.39 Å². The Morgan fingerprint density at radius 1 is 1.56 bits per heavy atom. The molecule has 0 fully saturated rings. The lowest BCUT2D eigenvalue weighted by Gasteiger charge is -2.18. The average Bonchev–Trinajstić information content (AvgIpc) is 2.29. The highest BCUT2D eigenvalue weighted by Crippen LogP contribution is 2.27. The zero-order chi connectivity index (χ0) is 12.1. The number of benzene rings is 1. The van der Waals surface area contributed by atoms with Gasteiger partial charge < -0.3 is 5.32 Å². The summed E-state index contributed by atoms with van der Waals surface area (Å²) in [5, 5.41) is 3.13. The van der Waals surface area contributed by atoms with Gasteiger partial charge in [0, 0.05) is 11.6 Å². The second kappa shape index (κ2) is 6.16. The summed E-state index contributed by atoms with van der Waals surface area (Å²) in [5.41, 5.74) is 1.81. The van der Waals surface area contributed by atoms with Gasteiger partial charge in [0.2, 0.25) is 0 Å². The Hall–Kier alpha value is -0.670. The van der Waals surface area contributed by atoms with Gasteiger partial charge in [-0.1, -0.05) is 31.2 Å². The van der Waals surface area contributed by atoms with Gasteiger partial charge >= 0.3 is 0 Å². The highest BCUT2D eigenvalue weighted by molar-refractivity contribution is 9.10. The van der Waals surface area contributed by atoms with Gasteiger partial charge in [-0.2, -0.15) is 0 Å². The van der Waals surface area contributed by atoms with E-state index in [0.29, 0.717) is 10.0 Å². The van der Waals surface area contributed by atoms with Crippen LogP contribution >= 0.6 is 15.9 Å². The third kappa shape index (κ3) is 3.16. The first-order chi connectivity index (χ1) is 7.60. The smallest absolute Gasteiger partial charge is 0.142 e. The minimum atomic E-state index is -0.189. The van der Waals surface area contributed by atoms with Crippen molar-refractivity contribution >= 4 is 15.9 Å². The Labute approximate surface area is 105 Å². The zero-order valence-electron chi connectivity index (χ0n) is 9.69. The molecule has 0 amide bonds. The first-order valence-electron chi connectivity index (χ1n) is 5.38. The maximum absolute atomic E-state index is 13.9. The number of hydrogen-bond acceptors (Lipinski definition) is 1. The molecule has 1 atom stereocenters. The van der Waals surface area contributed by atoms with E-state index in [4.69, 9.17) is 0 Å². The molecular formula is C13H17BrFN. The predicted octanol–water partition coefficient (Wildman–Crippen LogP) is 4.21. The lowest BCUT2D eigenvalue weighted by atomic mass is 9.98. The van der Waals surface area contributed by atoms with Crippen molar-refractivity contribution in [2.45, 2.75) is 25.8 Å². The highest BCUT2D eigenvalue weighted by Gasteiger charge is 2.15. The van der Waals surface area contributed by atoms with E-state index in [1.165, 1.54) is 0 Å². The third-order valence-electron chi connectivity index (χ3n) is 2.70. The molecule has 1 aromatic rings. The first kappa shape index (κ1) is 13.4. The van der Waals surface area contributed by atoms with Crippen molar-refractivity contribution in [2.24, 2.45) is 0 Å². The van der Waals surface area contributed by atoms with Gasteiger partial charge in [-0.15, -0.1) is 0 Å². The fraction of sp³-hybridized carbons (Fsp3) is 0.385. The van der Waals surface area contributed by atoms with Gasteiger partial charge in [0.25, 0.3) is 0 Å². The molecule has 0 aliphatic rings. The lowest BCUT2D eigenvalue weighted by molar-refractivity contribution is 0.526. The van der Waals surface area contributed by atoms with E-state index in [-0.39, 0.29) is 11.9 Å². The topological polar surface area (TPSA) is 12.0 Å². The summed E-state index contributed by atoms with van der Waals surface area (Å²) in [4.78, 5) is 0. The van der Waals surface area contributed by atoms with Gasteiger partial charge in [0.1, 0.15) is 5.82 Å². The van der Waals surface area contributed by atoms with E-state index in [1.807, 2.05) is 19.2 Å². The van der Waals surface area contributed by atoms with Gasteiger partial charge in [-0.25, -0.2) is 4.39 Å². The standard InChI is InChI=1S/C13H17BrFN/c1-4-9(2)8-12(16-3)10-6-5-7-11(14)13(10)15/h5-7,12,16H,2,4,8H2,1,3H3. The Morgan fingerprint density at radius 2 is 2.25 bits per heavy atom. The van der Waals surface area contributed by atoms with Crippen molar-refractivity contribution in [3.8, 4) is 0 Å². The molecule has 1 rings (SSSR count). The van der Waals surface area contributed by atoms with Gasteiger partial charge in [-0.3, -0.25) is 0 Å². The molecule has 1 aromatic carbocycles. The summed E-state index contributed by atoms with van der Waals surface area (Å²) < 4.78 is 14.4. The van der Waals surface area contributed by atoms with E-state index in [0.717, 1.165) is 18.4 Å². The van der Waals surface area contributed by atoms with Crippen LogP contribution in [0.4, 0.5) is 4.39 Å². The molecule has 0 aliphatic heterocycles. The largest absolute Gasteiger partial charge is 0.313 e. The van der Waals surface area contributed by atoms with Crippen LogP contribution < -0.4 is 5.32 Å². The molecule has 0 spiro atoms. The maximum atomic E-state index is 13.9. The Morgan fingerprint density at radius 3 is 2.81 bits per heavy atom. The van der Waals surface area contributed by atoms with Crippen molar-refractivity contribution < 1.29 is 4.39 Å². The van der Waals surface area contributed by atoms with Crippen molar-refractivity contribution in [2.75, 3.05) is 7.05 Å². The van der Waals surface area contributed by atoms with Crippen LogP contribution in [0.2, 0.25) is 0 Å². The highest BCUT2D eigenvalue weighted by atomic mass is 79.9. The third-order valence-corrected chi connectivity index (χ3v) is 3.31. The van der Waals surface area contributed by atoms with Gasteiger partial charge in [0.15, 0.2) is 0 Å². The fourth-order valence-corrected chi connectivity index (χ4v) is 1.97. The summed E-state index contributed by atoms with van der Waals surface area (Å²) in [6.45, 7) is 6.03. The Bertz CT molecular complexity index is 376. The second-order valence-electron chi connectivity index (χ2n) is 3.79. The predicted molar refractivity (Wildman–Crippen MR) is 69.9 cm³/mol. The van der Waals surface area contributed by atoms with Crippen LogP contribution in [0.25, 0.3) is 0 Å². The van der Waals surface area contributed by atoms with Crippen molar-refractivity contribution in [1.29, 1.82) is 0 Å². The van der Waals surface area contributed by atoms with E-state index in [1.54, 1.807) is 6.07 Å². The fourth-order valence-electron chi connectivity index (χ4n) is 1.59. The number of rotatable bonds is 5. The summed E-state index contributed by atoms with van der Waals surface area (Å²) in [6, 6.07) is 5.36. The first-order valence-corrected chi connectivity index (χ1v) is 6.17. The van der Waals surface area contributed by atoms with Crippen molar-refractivity contribution in [3.05, 3.63) is 46.2 Å². The molecule has 16 heavy (non-hydrogen) atoms. The molecule has 1 nitrogen and oxygen atoms in total. The quantitative estimate of drug-likeness (QED) is 0.800. The molecule has 0 saturated carbocycles. The van der Waals surface area contributed by atoms with Crippen molar-refractivity contribution in [3.63, 3.8) is 0 Å². The zero-order valence-corrected chi connectivity index (χ0v) is 11.3. The van der Waals surface area contributed by atoms with Crippen LogP contribution in [0.15, 0.2) is 34.8 Å². The molecule has 0 radical (unpaired) electrons. The summed E-state index contributed by atoms with van der Waals surface area (Å²) >= 11 is 3.20. The molecule has 0 saturated heterocycles. The van der Waals surface area contributed by atoms with Crippen LogP contribution in [0.3, 0.4) is 0 Å². The number of nitrogens with one attached hydrogen (secondary N) is 1. The molecule has 88 valence electrons. The molecule has 0 bridgehead atoms. The van der Waals surface area contributed by atoms with Crippen LogP contribution in [-0.4, -0.2) is 7.05 Å². The molecule has 0 heterocycles. The molecular weight excluding hydrogens is 269 g/mol. The average molecular weight is 286 g/mol. The molecule has 0 aliphatic carbocycles. The van der Waals surface area contributed by atoms with Gasteiger partial charge in [-0.05, 0) is 41.9 Å². The summed E-state index contributed by atoms with van der Waals surface area (Å²) in [5.74, 6) is -0.189. The maximum Gasteiger partial charge on any atom is 0.142 e. The number of halogens is 2. The van der Waals surface area contributed by atoms with E-state index < -0.39 is 0 Å². The molecule has 0 aromatic heterocycles. The second-order valence-corrected chi connectivity index (χ2v) is 4.65. The van der Waals surface area contributed by atoms with Crippen molar-refractivity contribution in [1.82, 2.24) is 5.32 Å². The molecule has 3 heteroatoms. The minimum absolute atomic E-state index is 0.00931.